The highest BCUT2D eigenvalue weighted by atomic mass is 32.2. The summed E-state index contributed by atoms with van der Waals surface area (Å²) >= 11 is 1.27. The minimum atomic E-state index is -0.639. The van der Waals surface area contributed by atoms with Crippen LogP contribution in [0.5, 0.6) is 0 Å². The zero-order valence-electron chi connectivity index (χ0n) is 19.1. The summed E-state index contributed by atoms with van der Waals surface area (Å²) in [5, 5.41) is 5.63. The van der Waals surface area contributed by atoms with Crippen molar-refractivity contribution in [1.82, 2.24) is 4.98 Å². The molecule has 0 unspecified atom stereocenters. The molecule has 1 aromatic heterocycles. The van der Waals surface area contributed by atoms with Crippen molar-refractivity contribution in [2.45, 2.75) is 30.6 Å². The zero-order valence-corrected chi connectivity index (χ0v) is 19.9. The van der Waals surface area contributed by atoms with Crippen molar-refractivity contribution < 1.29 is 23.9 Å². The number of pyridine rings is 1. The van der Waals surface area contributed by atoms with E-state index in [-0.39, 0.29) is 24.6 Å². The minimum Gasteiger partial charge on any atom is -0.461 e. The standard InChI is InChI=1S/C25H25N3O5S/c1-4-32-23(29)20-14-18(15-21(27-20)24(30)33-5-2)34-22-9-7-6-8-19(22)28-25(31)26-17-12-10-16(3)11-13-17/h6-15H,4-5H2,1-3H3,(H2,26,28,31). The average molecular weight is 480 g/mol. The highest BCUT2D eigenvalue weighted by molar-refractivity contribution is 7.99. The van der Waals surface area contributed by atoms with Crippen LogP contribution >= 0.6 is 11.8 Å². The third-order valence-corrected chi connectivity index (χ3v) is 5.49. The van der Waals surface area contributed by atoms with Gasteiger partial charge in [0.2, 0.25) is 0 Å². The number of urea groups is 1. The Hall–Kier alpha value is -3.85. The number of nitrogens with zero attached hydrogens (tertiary/aromatic N) is 1. The van der Waals surface area contributed by atoms with Gasteiger partial charge in [0, 0.05) is 15.5 Å². The first kappa shape index (κ1) is 24.8. The van der Waals surface area contributed by atoms with Crippen LogP contribution in [0.1, 0.15) is 40.4 Å². The lowest BCUT2D eigenvalue weighted by Gasteiger charge is -2.13. The predicted octanol–water partition coefficient (Wildman–Crippen LogP) is 5.54. The lowest BCUT2D eigenvalue weighted by Crippen LogP contribution is -2.19. The van der Waals surface area contributed by atoms with Gasteiger partial charge < -0.3 is 20.1 Å². The van der Waals surface area contributed by atoms with Crippen molar-refractivity contribution in [2.24, 2.45) is 0 Å². The van der Waals surface area contributed by atoms with Gasteiger partial charge in [0.05, 0.1) is 18.9 Å². The number of hydrogen-bond acceptors (Lipinski definition) is 7. The molecular formula is C25H25N3O5S. The van der Waals surface area contributed by atoms with Gasteiger partial charge in [-0.3, -0.25) is 0 Å². The number of nitrogens with one attached hydrogen (secondary N) is 2. The summed E-state index contributed by atoms with van der Waals surface area (Å²) in [5.74, 6) is -1.28. The summed E-state index contributed by atoms with van der Waals surface area (Å²) in [6.07, 6.45) is 0. The Morgan fingerprint density at radius 2 is 1.44 bits per heavy atom. The monoisotopic (exact) mass is 479 g/mol. The second-order valence-electron chi connectivity index (χ2n) is 7.06. The minimum absolute atomic E-state index is 0.00235. The maximum Gasteiger partial charge on any atom is 0.356 e. The largest absolute Gasteiger partial charge is 0.461 e. The molecule has 34 heavy (non-hydrogen) atoms. The Morgan fingerprint density at radius 1 is 0.853 bits per heavy atom. The molecule has 8 nitrogen and oxygen atoms in total. The molecule has 0 bridgehead atoms. The molecule has 9 heteroatoms. The number of benzene rings is 2. The van der Waals surface area contributed by atoms with Crippen molar-refractivity contribution in [1.29, 1.82) is 0 Å². The van der Waals surface area contributed by atoms with E-state index in [0.717, 1.165) is 5.56 Å². The summed E-state index contributed by atoms with van der Waals surface area (Å²) < 4.78 is 10.1. The Balaban J connectivity index is 1.84. The maximum atomic E-state index is 12.5. The predicted molar refractivity (Wildman–Crippen MR) is 131 cm³/mol. The molecule has 3 rings (SSSR count). The first-order valence-corrected chi connectivity index (χ1v) is 11.5. The molecule has 0 aliphatic rings. The summed E-state index contributed by atoms with van der Waals surface area (Å²) in [4.78, 5) is 42.5. The molecule has 0 saturated carbocycles. The van der Waals surface area contributed by atoms with E-state index in [0.29, 0.717) is 21.2 Å². The molecule has 176 valence electrons. The van der Waals surface area contributed by atoms with Crippen LogP contribution in [0.2, 0.25) is 0 Å². The molecule has 2 amide bonds. The van der Waals surface area contributed by atoms with Gasteiger partial charge in [-0.1, -0.05) is 41.6 Å². The van der Waals surface area contributed by atoms with Crippen LogP contribution in [0.25, 0.3) is 0 Å². The molecule has 1 heterocycles. The molecule has 0 atom stereocenters. The number of anilines is 2. The molecule has 0 aliphatic heterocycles. The topological polar surface area (TPSA) is 107 Å². The molecule has 2 aromatic carbocycles. The van der Waals surface area contributed by atoms with E-state index in [4.69, 9.17) is 9.47 Å². The van der Waals surface area contributed by atoms with E-state index >= 15 is 0 Å². The second kappa shape index (κ2) is 11.9. The quantitative estimate of drug-likeness (QED) is 0.409. The van der Waals surface area contributed by atoms with Crippen molar-refractivity contribution in [3.8, 4) is 0 Å². The van der Waals surface area contributed by atoms with Crippen LogP contribution in [0.3, 0.4) is 0 Å². The van der Waals surface area contributed by atoms with Gasteiger partial charge in [-0.25, -0.2) is 19.4 Å². The van der Waals surface area contributed by atoms with Gasteiger partial charge in [-0.2, -0.15) is 0 Å². The lowest BCUT2D eigenvalue weighted by molar-refractivity contribution is 0.0510. The number of para-hydroxylation sites is 1. The van der Waals surface area contributed by atoms with Gasteiger partial charge in [0.15, 0.2) is 0 Å². The number of hydrogen-bond donors (Lipinski definition) is 2. The van der Waals surface area contributed by atoms with Crippen molar-refractivity contribution in [2.75, 3.05) is 23.8 Å². The SMILES string of the molecule is CCOC(=O)c1cc(Sc2ccccc2NC(=O)Nc2ccc(C)cc2)cc(C(=O)OCC)n1. The number of esters is 2. The number of carbonyl (C=O) groups excluding carboxylic acids is 3. The smallest absolute Gasteiger partial charge is 0.356 e. The van der Waals surface area contributed by atoms with Crippen LogP contribution in [-0.4, -0.2) is 36.2 Å². The number of rotatable bonds is 8. The third-order valence-electron chi connectivity index (χ3n) is 4.44. The highest BCUT2D eigenvalue weighted by Gasteiger charge is 2.18. The van der Waals surface area contributed by atoms with E-state index in [9.17, 15) is 14.4 Å². The summed E-state index contributed by atoms with van der Waals surface area (Å²) in [6, 6.07) is 17.3. The first-order chi connectivity index (χ1) is 16.4. The molecule has 0 fully saturated rings. The molecule has 0 spiro atoms. The van der Waals surface area contributed by atoms with Gasteiger partial charge in [-0.15, -0.1) is 0 Å². The number of amides is 2. The fourth-order valence-corrected chi connectivity index (χ4v) is 3.86. The van der Waals surface area contributed by atoms with E-state index in [1.807, 2.05) is 43.3 Å². The van der Waals surface area contributed by atoms with Gasteiger partial charge in [-0.05, 0) is 57.2 Å². The Labute approximate surface area is 202 Å². The van der Waals surface area contributed by atoms with Gasteiger partial charge in [0.1, 0.15) is 11.4 Å². The molecular weight excluding hydrogens is 454 g/mol. The normalized spacial score (nSPS) is 10.3. The average Bonchev–Trinajstić information content (AvgIpc) is 2.82. The van der Waals surface area contributed by atoms with Crippen LogP contribution in [0.4, 0.5) is 16.2 Å². The fraction of sp³-hybridized carbons (Fsp3) is 0.200. The van der Waals surface area contributed by atoms with Crippen LogP contribution in [0.15, 0.2) is 70.5 Å². The van der Waals surface area contributed by atoms with Crippen molar-refractivity contribution in [3.05, 3.63) is 77.6 Å². The fourth-order valence-electron chi connectivity index (χ4n) is 2.89. The molecule has 0 radical (unpaired) electrons. The first-order valence-electron chi connectivity index (χ1n) is 10.7. The summed E-state index contributed by atoms with van der Waals surface area (Å²) in [5.41, 5.74) is 2.31. The van der Waals surface area contributed by atoms with Crippen molar-refractivity contribution >= 4 is 41.1 Å². The molecule has 0 aliphatic carbocycles. The van der Waals surface area contributed by atoms with E-state index in [1.165, 1.54) is 23.9 Å². The number of carbonyl (C=O) groups is 3. The number of aromatic nitrogens is 1. The number of aryl methyl sites for hydroxylation is 1. The third kappa shape index (κ3) is 6.82. The van der Waals surface area contributed by atoms with Crippen LogP contribution in [-0.2, 0) is 9.47 Å². The van der Waals surface area contributed by atoms with Gasteiger partial charge >= 0.3 is 18.0 Å². The molecule has 3 aromatic rings. The maximum absolute atomic E-state index is 12.5. The molecule has 2 N–H and O–H groups in total. The summed E-state index contributed by atoms with van der Waals surface area (Å²) in [7, 11) is 0. The lowest BCUT2D eigenvalue weighted by atomic mass is 10.2. The van der Waals surface area contributed by atoms with E-state index < -0.39 is 18.0 Å². The number of ether oxygens (including phenoxy) is 2. The highest BCUT2D eigenvalue weighted by Crippen LogP contribution is 2.34. The van der Waals surface area contributed by atoms with Gasteiger partial charge in [0.25, 0.3) is 0 Å². The van der Waals surface area contributed by atoms with Crippen LogP contribution in [0, 0.1) is 6.92 Å². The van der Waals surface area contributed by atoms with Crippen LogP contribution < -0.4 is 10.6 Å². The zero-order chi connectivity index (χ0) is 24.5. The molecule has 0 saturated heterocycles. The van der Waals surface area contributed by atoms with E-state index in [2.05, 4.69) is 15.6 Å². The Morgan fingerprint density at radius 3 is 2.03 bits per heavy atom. The van der Waals surface area contributed by atoms with E-state index in [1.54, 1.807) is 26.0 Å². The second-order valence-corrected chi connectivity index (χ2v) is 8.17. The Kier molecular flexibility index (Phi) is 8.64. The summed E-state index contributed by atoms with van der Waals surface area (Å²) in [6.45, 7) is 5.70. The van der Waals surface area contributed by atoms with Crippen molar-refractivity contribution in [3.63, 3.8) is 0 Å². The Bertz CT molecular complexity index is 1150.